The number of aryl methyl sites for hydroxylation is 1. The number of halogens is 1. The number of nitrogens with one attached hydrogen (secondary N) is 1. The van der Waals surface area contributed by atoms with Crippen LogP contribution in [0.2, 0.25) is 5.02 Å². The first-order valence-corrected chi connectivity index (χ1v) is 9.25. The molecule has 3 aromatic rings. The number of carbonyl (C=O) groups excluding carboxylic acids is 1. The predicted octanol–water partition coefficient (Wildman–Crippen LogP) is 5.32. The lowest BCUT2D eigenvalue weighted by atomic mass is 9.97. The first kappa shape index (κ1) is 19.0. The van der Waals surface area contributed by atoms with E-state index in [9.17, 15) is 4.79 Å². The van der Waals surface area contributed by atoms with E-state index in [1.807, 2.05) is 61.5 Å². The van der Waals surface area contributed by atoms with Crippen molar-refractivity contribution in [3.8, 4) is 5.75 Å². The molecule has 0 spiro atoms. The Hall–Kier alpha value is -2.78. The number of rotatable bonds is 6. The van der Waals surface area contributed by atoms with Gasteiger partial charge in [-0.15, -0.1) is 0 Å². The third-order valence-corrected chi connectivity index (χ3v) is 4.58. The molecule has 138 valence electrons. The summed E-state index contributed by atoms with van der Waals surface area (Å²) in [5.41, 5.74) is 3.23. The molecule has 0 aliphatic heterocycles. The molecular formula is C23H22ClNO2. The average Bonchev–Trinajstić information content (AvgIpc) is 2.69. The van der Waals surface area contributed by atoms with E-state index >= 15 is 0 Å². The smallest absolute Gasteiger partial charge is 0.261 e. The van der Waals surface area contributed by atoms with Crippen molar-refractivity contribution in [3.05, 3.63) is 101 Å². The van der Waals surface area contributed by atoms with Gasteiger partial charge in [0, 0.05) is 5.02 Å². The van der Waals surface area contributed by atoms with E-state index in [0.29, 0.717) is 10.8 Å². The van der Waals surface area contributed by atoms with Crippen molar-refractivity contribution in [1.29, 1.82) is 0 Å². The van der Waals surface area contributed by atoms with Gasteiger partial charge in [0.25, 0.3) is 5.91 Å². The fourth-order valence-corrected chi connectivity index (χ4v) is 2.92. The van der Waals surface area contributed by atoms with E-state index in [4.69, 9.17) is 16.3 Å². The summed E-state index contributed by atoms with van der Waals surface area (Å²) in [7, 11) is 0. The number of amides is 1. The Morgan fingerprint density at radius 1 is 0.889 bits per heavy atom. The van der Waals surface area contributed by atoms with Crippen LogP contribution in [-0.4, -0.2) is 12.0 Å². The molecule has 0 aliphatic carbocycles. The van der Waals surface area contributed by atoms with Crippen molar-refractivity contribution in [1.82, 2.24) is 5.32 Å². The van der Waals surface area contributed by atoms with E-state index in [1.165, 1.54) is 5.56 Å². The monoisotopic (exact) mass is 379 g/mol. The molecular weight excluding hydrogens is 358 g/mol. The highest BCUT2D eigenvalue weighted by Gasteiger charge is 2.21. The number of hydrogen-bond donors (Lipinski definition) is 1. The normalized spacial score (nSPS) is 12.9. The van der Waals surface area contributed by atoms with E-state index in [1.54, 1.807) is 31.2 Å². The molecule has 0 radical (unpaired) electrons. The summed E-state index contributed by atoms with van der Waals surface area (Å²) < 4.78 is 5.75. The zero-order chi connectivity index (χ0) is 19.2. The largest absolute Gasteiger partial charge is 0.481 e. The zero-order valence-corrected chi connectivity index (χ0v) is 16.1. The molecule has 3 rings (SSSR count). The highest BCUT2D eigenvalue weighted by molar-refractivity contribution is 6.30. The van der Waals surface area contributed by atoms with Crippen LogP contribution in [0.4, 0.5) is 0 Å². The number of ether oxygens (including phenoxy) is 1. The number of hydrogen-bond acceptors (Lipinski definition) is 2. The van der Waals surface area contributed by atoms with E-state index in [0.717, 1.165) is 11.1 Å². The maximum absolute atomic E-state index is 12.8. The molecule has 4 heteroatoms. The van der Waals surface area contributed by atoms with Crippen LogP contribution in [0.15, 0.2) is 78.9 Å². The van der Waals surface area contributed by atoms with E-state index < -0.39 is 6.10 Å². The van der Waals surface area contributed by atoms with Crippen molar-refractivity contribution in [2.45, 2.75) is 26.0 Å². The van der Waals surface area contributed by atoms with Crippen LogP contribution < -0.4 is 10.1 Å². The van der Waals surface area contributed by atoms with Crippen LogP contribution in [0, 0.1) is 6.92 Å². The van der Waals surface area contributed by atoms with Gasteiger partial charge in [-0.05, 0) is 49.2 Å². The standard InChI is InChI=1S/C23H22ClNO2/c1-16-8-10-19(11-9-16)22(18-6-4-3-5-7-18)25-23(26)17(2)27-21-14-12-20(24)13-15-21/h3-15,17,22H,1-2H3,(H,25,26)/t17-,22+/m0/s1. The Kier molecular flexibility index (Phi) is 6.15. The van der Waals surface area contributed by atoms with E-state index in [-0.39, 0.29) is 11.9 Å². The van der Waals surface area contributed by atoms with Gasteiger partial charge < -0.3 is 10.1 Å². The summed E-state index contributed by atoms with van der Waals surface area (Å²) in [4.78, 5) is 12.8. The SMILES string of the molecule is Cc1ccc([C@H](NC(=O)[C@H](C)Oc2ccc(Cl)cc2)c2ccccc2)cc1. The van der Waals surface area contributed by atoms with Gasteiger partial charge in [-0.2, -0.15) is 0 Å². The van der Waals surface area contributed by atoms with E-state index in [2.05, 4.69) is 5.32 Å². The Labute approximate surface area is 164 Å². The van der Waals surface area contributed by atoms with Crippen LogP contribution in [0.25, 0.3) is 0 Å². The van der Waals surface area contributed by atoms with Gasteiger partial charge in [-0.3, -0.25) is 4.79 Å². The minimum atomic E-state index is -0.636. The van der Waals surface area contributed by atoms with Crippen molar-refractivity contribution in [3.63, 3.8) is 0 Å². The van der Waals surface area contributed by atoms with Gasteiger partial charge >= 0.3 is 0 Å². The molecule has 3 nitrogen and oxygen atoms in total. The maximum Gasteiger partial charge on any atom is 0.261 e. The summed E-state index contributed by atoms with van der Waals surface area (Å²) in [5.74, 6) is 0.424. The highest BCUT2D eigenvalue weighted by atomic mass is 35.5. The molecule has 0 unspecified atom stereocenters. The third-order valence-electron chi connectivity index (χ3n) is 4.33. The van der Waals surface area contributed by atoms with Crippen molar-refractivity contribution < 1.29 is 9.53 Å². The second-order valence-electron chi connectivity index (χ2n) is 6.48. The summed E-state index contributed by atoms with van der Waals surface area (Å²) in [5, 5.41) is 3.74. The van der Waals surface area contributed by atoms with Crippen molar-refractivity contribution in [2.75, 3.05) is 0 Å². The average molecular weight is 380 g/mol. The molecule has 0 saturated carbocycles. The Morgan fingerprint density at radius 3 is 2.11 bits per heavy atom. The first-order chi connectivity index (χ1) is 13.0. The Bertz CT molecular complexity index is 877. The molecule has 0 heterocycles. The minimum Gasteiger partial charge on any atom is -0.481 e. The van der Waals surface area contributed by atoms with Crippen molar-refractivity contribution >= 4 is 17.5 Å². The topological polar surface area (TPSA) is 38.3 Å². The molecule has 27 heavy (non-hydrogen) atoms. The highest BCUT2D eigenvalue weighted by Crippen LogP contribution is 2.23. The van der Waals surface area contributed by atoms with Gasteiger partial charge in [0.2, 0.25) is 0 Å². The number of benzene rings is 3. The van der Waals surface area contributed by atoms with Gasteiger partial charge in [0.15, 0.2) is 6.10 Å². The van der Waals surface area contributed by atoms with Crippen LogP contribution in [0.3, 0.4) is 0 Å². The second kappa shape index (κ2) is 8.74. The van der Waals surface area contributed by atoms with Gasteiger partial charge in [-0.25, -0.2) is 0 Å². The third kappa shape index (κ3) is 5.11. The van der Waals surface area contributed by atoms with Crippen LogP contribution in [0.5, 0.6) is 5.75 Å². The lowest BCUT2D eigenvalue weighted by Gasteiger charge is -2.23. The molecule has 3 aromatic carbocycles. The quantitative estimate of drug-likeness (QED) is 0.629. The summed E-state index contributed by atoms with van der Waals surface area (Å²) in [6.45, 7) is 3.78. The molecule has 1 N–H and O–H groups in total. The van der Waals surface area contributed by atoms with Crippen LogP contribution in [0.1, 0.15) is 29.7 Å². The lowest BCUT2D eigenvalue weighted by molar-refractivity contribution is -0.127. The Morgan fingerprint density at radius 2 is 1.48 bits per heavy atom. The zero-order valence-electron chi connectivity index (χ0n) is 15.4. The predicted molar refractivity (Wildman–Crippen MR) is 109 cm³/mol. The van der Waals surface area contributed by atoms with Crippen LogP contribution >= 0.6 is 11.6 Å². The number of carbonyl (C=O) groups is 1. The second-order valence-corrected chi connectivity index (χ2v) is 6.91. The molecule has 0 aromatic heterocycles. The fraction of sp³-hybridized carbons (Fsp3) is 0.174. The lowest BCUT2D eigenvalue weighted by Crippen LogP contribution is -2.39. The summed E-state index contributed by atoms with van der Waals surface area (Å²) in [6, 6.07) is 24.8. The fourth-order valence-electron chi connectivity index (χ4n) is 2.79. The first-order valence-electron chi connectivity index (χ1n) is 8.87. The van der Waals surface area contributed by atoms with Gasteiger partial charge in [-0.1, -0.05) is 71.8 Å². The molecule has 1 amide bonds. The minimum absolute atomic E-state index is 0.181. The molecule has 0 aliphatic rings. The summed E-state index contributed by atoms with van der Waals surface area (Å²) in [6.07, 6.45) is -0.636. The maximum atomic E-state index is 12.8. The molecule has 0 saturated heterocycles. The molecule has 0 fully saturated rings. The molecule has 2 atom stereocenters. The molecule has 0 bridgehead atoms. The van der Waals surface area contributed by atoms with Crippen LogP contribution in [-0.2, 0) is 4.79 Å². The van der Waals surface area contributed by atoms with Crippen molar-refractivity contribution in [2.24, 2.45) is 0 Å². The summed E-state index contributed by atoms with van der Waals surface area (Å²) >= 11 is 5.89. The van der Waals surface area contributed by atoms with Gasteiger partial charge in [0.05, 0.1) is 6.04 Å². The van der Waals surface area contributed by atoms with Gasteiger partial charge in [0.1, 0.15) is 5.75 Å². The Balaban J connectivity index is 1.77.